The fraction of sp³-hybridized carbons (Fsp3) is 0.529. The Bertz CT molecular complexity index is 569. The van der Waals surface area contributed by atoms with E-state index in [1.807, 2.05) is 11.7 Å². The summed E-state index contributed by atoms with van der Waals surface area (Å²) in [6.07, 6.45) is 6.38. The normalized spacial score (nSPS) is 16.1. The van der Waals surface area contributed by atoms with Gasteiger partial charge in [-0.1, -0.05) is 29.8 Å². The molecule has 0 spiro atoms. The van der Waals surface area contributed by atoms with Crippen LogP contribution in [0.5, 0.6) is 0 Å². The van der Waals surface area contributed by atoms with Crippen LogP contribution in [0.15, 0.2) is 30.6 Å². The van der Waals surface area contributed by atoms with Crippen molar-refractivity contribution in [3.05, 3.63) is 47.5 Å². The number of hydrogen-bond acceptors (Lipinski definition) is 3. The molecule has 4 nitrogen and oxygen atoms in total. The second-order valence-corrected chi connectivity index (χ2v) is 6.24. The summed E-state index contributed by atoms with van der Waals surface area (Å²) in [5, 5.41) is 7.84. The van der Waals surface area contributed by atoms with Crippen molar-refractivity contribution in [2.45, 2.75) is 38.6 Å². The van der Waals surface area contributed by atoms with Crippen molar-refractivity contribution >= 4 is 0 Å². The Morgan fingerprint density at radius 1 is 1.24 bits per heavy atom. The molecule has 2 aromatic rings. The Kier molecular flexibility index (Phi) is 4.34. The van der Waals surface area contributed by atoms with Crippen LogP contribution in [-0.2, 0) is 19.9 Å². The SMILES string of the molecule is Cc1ccc(CC(CNC2CC2)Cc2ncnn2C)cc1. The zero-order chi connectivity index (χ0) is 14.7. The summed E-state index contributed by atoms with van der Waals surface area (Å²) in [6.45, 7) is 3.20. The van der Waals surface area contributed by atoms with Gasteiger partial charge in [0.1, 0.15) is 12.2 Å². The highest BCUT2D eigenvalue weighted by atomic mass is 15.3. The maximum absolute atomic E-state index is 4.38. The number of rotatable bonds is 7. The minimum Gasteiger partial charge on any atom is -0.314 e. The maximum Gasteiger partial charge on any atom is 0.138 e. The number of nitrogens with one attached hydrogen (secondary N) is 1. The molecule has 1 atom stereocenters. The molecule has 0 bridgehead atoms. The molecule has 1 heterocycles. The van der Waals surface area contributed by atoms with E-state index in [0.717, 1.165) is 31.3 Å². The first-order valence-corrected chi connectivity index (χ1v) is 7.82. The predicted molar refractivity (Wildman–Crippen MR) is 84.1 cm³/mol. The largest absolute Gasteiger partial charge is 0.314 e. The van der Waals surface area contributed by atoms with Crippen LogP contribution in [0.25, 0.3) is 0 Å². The summed E-state index contributed by atoms with van der Waals surface area (Å²) in [7, 11) is 1.97. The Balaban J connectivity index is 1.65. The lowest BCUT2D eigenvalue weighted by atomic mass is 9.95. The zero-order valence-corrected chi connectivity index (χ0v) is 12.9. The quantitative estimate of drug-likeness (QED) is 0.848. The van der Waals surface area contributed by atoms with E-state index in [4.69, 9.17) is 0 Å². The number of nitrogens with zero attached hydrogens (tertiary/aromatic N) is 3. The first-order valence-electron chi connectivity index (χ1n) is 7.82. The molecule has 1 saturated carbocycles. The molecule has 4 heteroatoms. The molecular weight excluding hydrogens is 260 g/mol. The molecular formula is C17H24N4. The van der Waals surface area contributed by atoms with Crippen molar-refractivity contribution in [3.63, 3.8) is 0 Å². The lowest BCUT2D eigenvalue weighted by molar-refractivity contribution is 0.451. The smallest absolute Gasteiger partial charge is 0.138 e. The Hall–Kier alpha value is -1.68. The van der Waals surface area contributed by atoms with Crippen molar-refractivity contribution in [3.8, 4) is 0 Å². The molecule has 1 aromatic heterocycles. The molecule has 0 aliphatic heterocycles. The van der Waals surface area contributed by atoms with Crippen molar-refractivity contribution < 1.29 is 0 Å². The van der Waals surface area contributed by atoms with E-state index >= 15 is 0 Å². The van der Waals surface area contributed by atoms with Crippen molar-refractivity contribution in [1.82, 2.24) is 20.1 Å². The molecule has 1 aliphatic carbocycles. The Labute approximate surface area is 126 Å². The fourth-order valence-corrected chi connectivity index (χ4v) is 2.66. The molecule has 0 amide bonds. The lowest BCUT2D eigenvalue weighted by Crippen LogP contribution is -2.28. The summed E-state index contributed by atoms with van der Waals surface area (Å²) in [5.41, 5.74) is 2.73. The third-order valence-corrected chi connectivity index (χ3v) is 4.19. The van der Waals surface area contributed by atoms with Crippen LogP contribution in [0.4, 0.5) is 0 Å². The molecule has 1 N–H and O–H groups in total. The van der Waals surface area contributed by atoms with Crippen LogP contribution >= 0.6 is 0 Å². The van der Waals surface area contributed by atoms with Crippen LogP contribution in [0.2, 0.25) is 0 Å². The molecule has 1 fully saturated rings. The van der Waals surface area contributed by atoms with Gasteiger partial charge in [-0.3, -0.25) is 4.68 Å². The summed E-state index contributed by atoms with van der Waals surface area (Å²) in [4.78, 5) is 4.38. The van der Waals surface area contributed by atoms with Crippen molar-refractivity contribution in [2.24, 2.45) is 13.0 Å². The van der Waals surface area contributed by atoms with Gasteiger partial charge in [0.2, 0.25) is 0 Å². The second-order valence-electron chi connectivity index (χ2n) is 6.24. The molecule has 112 valence electrons. The van der Waals surface area contributed by atoms with E-state index in [1.54, 1.807) is 6.33 Å². The van der Waals surface area contributed by atoms with E-state index in [0.29, 0.717) is 5.92 Å². The lowest BCUT2D eigenvalue weighted by Gasteiger charge is -2.17. The van der Waals surface area contributed by atoms with Gasteiger partial charge in [0, 0.05) is 19.5 Å². The van der Waals surface area contributed by atoms with E-state index in [1.165, 1.54) is 24.0 Å². The maximum atomic E-state index is 4.38. The first-order chi connectivity index (χ1) is 10.2. The molecule has 0 radical (unpaired) electrons. The van der Waals surface area contributed by atoms with E-state index in [2.05, 4.69) is 46.6 Å². The number of aromatic nitrogens is 3. The fourth-order valence-electron chi connectivity index (χ4n) is 2.66. The molecule has 1 aliphatic rings. The van der Waals surface area contributed by atoms with Gasteiger partial charge in [0.15, 0.2) is 0 Å². The van der Waals surface area contributed by atoms with E-state index in [9.17, 15) is 0 Å². The average Bonchev–Trinajstić information content (AvgIpc) is 3.22. The highest BCUT2D eigenvalue weighted by Crippen LogP contribution is 2.20. The second kappa shape index (κ2) is 6.39. The van der Waals surface area contributed by atoms with Crippen LogP contribution in [0, 0.1) is 12.8 Å². The zero-order valence-electron chi connectivity index (χ0n) is 12.9. The third kappa shape index (κ3) is 4.14. The van der Waals surface area contributed by atoms with Crippen LogP contribution in [-0.4, -0.2) is 27.4 Å². The Morgan fingerprint density at radius 3 is 2.62 bits per heavy atom. The van der Waals surface area contributed by atoms with Crippen molar-refractivity contribution in [2.75, 3.05) is 6.54 Å². The monoisotopic (exact) mass is 284 g/mol. The van der Waals surface area contributed by atoms with Gasteiger partial charge >= 0.3 is 0 Å². The van der Waals surface area contributed by atoms with Crippen molar-refractivity contribution in [1.29, 1.82) is 0 Å². The third-order valence-electron chi connectivity index (χ3n) is 4.19. The topological polar surface area (TPSA) is 42.7 Å². The van der Waals surface area contributed by atoms with Crippen LogP contribution in [0.3, 0.4) is 0 Å². The average molecular weight is 284 g/mol. The summed E-state index contributed by atoms with van der Waals surface area (Å²) >= 11 is 0. The minimum absolute atomic E-state index is 0.566. The molecule has 3 rings (SSSR count). The molecule has 21 heavy (non-hydrogen) atoms. The van der Waals surface area contributed by atoms with E-state index in [-0.39, 0.29) is 0 Å². The number of benzene rings is 1. The van der Waals surface area contributed by atoms with Gasteiger partial charge in [-0.15, -0.1) is 0 Å². The van der Waals surface area contributed by atoms with E-state index < -0.39 is 0 Å². The van der Waals surface area contributed by atoms with Crippen LogP contribution in [0.1, 0.15) is 29.8 Å². The highest BCUT2D eigenvalue weighted by Gasteiger charge is 2.22. The predicted octanol–water partition coefficient (Wildman–Crippen LogP) is 2.28. The van der Waals surface area contributed by atoms with Gasteiger partial charge in [-0.25, -0.2) is 4.98 Å². The minimum atomic E-state index is 0.566. The summed E-state index contributed by atoms with van der Waals surface area (Å²) in [5.74, 6) is 1.64. The Morgan fingerprint density at radius 2 is 2.00 bits per heavy atom. The summed E-state index contributed by atoms with van der Waals surface area (Å²) in [6, 6.07) is 9.64. The van der Waals surface area contributed by atoms with Crippen LogP contribution < -0.4 is 5.32 Å². The van der Waals surface area contributed by atoms with Gasteiger partial charge in [0.25, 0.3) is 0 Å². The van der Waals surface area contributed by atoms with Gasteiger partial charge < -0.3 is 5.32 Å². The van der Waals surface area contributed by atoms with Gasteiger partial charge in [-0.2, -0.15) is 5.10 Å². The molecule has 1 aromatic carbocycles. The van der Waals surface area contributed by atoms with Gasteiger partial charge in [0.05, 0.1) is 0 Å². The number of hydrogen-bond donors (Lipinski definition) is 1. The number of aryl methyl sites for hydroxylation is 2. The first kappa shape index (κ1) is 14.3. The highest BCUT2D eigenvalue weighted by molar-refractivity contribution is 5.21. The standard InChI is InChI=1S/C17H24N4/c1-13-3-5-14(6-4-13)9-15(11-18-16-7-8-16)10-17-19-12-20-21(17)2/h3-6,12,15-16,18H,7-11H2,1-2H3. The molecule has 0 saturated heterocycles. The summed E-state index contributed by atoms with van der Waals surface area (Å²) < 4.78 is 1.89. The molecule has 1 unspecified atom stereocenters. The van der Waals surface area contributed by atoms with Gasteiger partial charge in [-0.05, 0) is 44.2 Å².